The molecule has 2 bridgehead atoms. The Morgan fingerprint density at radius 2 is 1.44 bits per heavy atom. The zero-order valence-corrected chi connectivity index (χ0v) is 26.0. The van der Waals surface area contributed by atoms with Crippen LogP contribution >= 0.6 is 0 Å². The summed E-state index contributed by atoms with van der Waals surface area (Å²) in [6.07, 6.45) is 5.19. The summed E-state index contributed by atoms with van der Waals surface area (Å²) in [5, 5.41) is 16.4. The number of carbonyl (C=O) groups is 3. The van der Waals surface area contributed by atoms with Crippen LogP contribution < -0.4 is 51.4 Å². The summed E-state index contributed by atoms with van der Waals surface area (Å²) in [7, 11) is 0. The first kappa shape index (κ1) is 31.8. The molecule has 8 nitrogen and oxygen atoms in total. The minimum Gasteiger partial charge on any atom is -0.481 e. The van der Waals surface area contributed by atoms with Crippen LogP contribution in [0.3, 0.4) is 0 Å². The Morgan fingerprint density at radius 1 is 0.821 bits per heavy atom. The first-order valence-electron chi connectivity index (χ1n) is 13.7. The van der Waals surface area contributed by atoms with Crippen molar-refractivity contribution in [2.75, 3.05) is 26.2 Å². The monoisotopic (exact) mass is 561 g/mol. The Morgan fingerprint density at radius 3 is 2.03 bits per heavy atom. The van der Waals surface area contributed by atoms with Gasteiger partial charge in [-0.15, -0.1) is 0 Å². The number of piperidine rings is 3. The number of hydrogen-bond acceptors (Lipinski definition) is 5. The van der Waals surface area contributed by atoms with Crippen molar-refractivity contribution in [3.8, 4) is 0 Å². The summed E-state index contributed by atoms with van der Waals surface area (Å²) in [6.45, 7) is 3.91. The van der Waals surface area contributed by atoms with E-state index in [1.165, 1.54) is 11.1 Å². The van der Waals surface area contributed by atoms with Gasteiger partial charge in [0.05, 0.1) is 6.04 Å². The van der Waals surface area contributed by atoms with Gasteiger partial charge < -0.3 is 14.9 Å². The van der Waals surface area contributed by atoms with E-state index in [1.807, 2.05) is 23.1 Å². The van der Waals surface area contributed by atoms with E-state index in [9.17, 15) is 14.4 Å². The van der Waals surface area contributed by atoms with E-state index in [2.05, 4.69) is 41.3 Å². The molecule has 6 rings (SSSR count). The van der Waals surface area contributed by atoms with E-state index in [-0.39, 0.29) is 82.5 Å². The Labute approximate surface area is 273 Å². The SMILES string of the molecule is O=C(O)CCCCCC(=O)O.O=C(O[C@H]1CN2CCC1CC2)N1CCc2ccccc2[C@@H]1c1ccccc1.[K+]. The zero-order chi connectivity index (χ0) is 26.9. The van der Waals surface area contributed by atoms with E-state index >= 15 is 0 Å². The first-order valence-corrected chi connectivity index (χ1v) is 13.7. The number of aliphatic carboxylic acids is 2. The number of benzene rings is 2. The maximum atomic E-state index is 13.2. The average molecular weight is 562 g/mol. The number of ether oxygens (including phenoxy) is 1. The third-order valence-electron chi connectivity index (χ3n) is 7.76. The second-order valence-corrected chi connectivity index (χ2v) is 10.4. The molecule has 2 N–H and O–H groups in total. The molecule has 4 aliphatic heterocycles. The van der Waals surface area contributed by atoms with Crippen molar-refractivity contribution in [3.63, 3.8) is 0 Å². The van der Waals surface area contributed by atoms with Crippen molar-refractivity contribution in [3.05, 3.63) is 71.3 Å². The number of rotatable bonds is 8. The summed E-state index contributed by atoms with van der Waals surface area (Å²) in [4.78, 5) is 37.5. The van der Waals surface area contributed by atoms with Crippen LogP contribution in [0, 0.1) is 5.92 Å². The van der Waals surface area contributed by atoms with E-state index < -0.39 is 11.9 Å². The van der Waals surface area contributed by atoms with Gasteiger partial charge in [-0.05, 0) is 67.8 Å². The Hall–Kier alpha value is -1.75. The molecule has 0 spiro atoms. The largest absolute Gasteiger partial charge is 1.00 e. The number of hydrogen-bond donors (Lipinski definition) is 2. The van der Waals surface area contributed by atoms with Crippen molar-refractivity contribution in [2.45, 2.75) is 63.5 Å². The maximum absolute atomic E-state index is 13.2. The summed E-state index contributed by atoms with van der Waals surface area (Å²) < 4.78 is 6.08. The molecule has 2 aromatic rings. The number of carbonyl (C=O) groups excluding carboxylic acids is 1. The van der Waals surface area contributed by atoms with Gasteiger partial charge in [-0.25, -0.2) is 4.79 Å². The number of carboxylic acid groups (broad SMARTS) is 2. The number of fused-ring (bicyclic) bond motifs is 4. The molecule has 2 atom stereocenters. The third kappa shape index (κ3) is 9.13. The van der Waals surface area contributed by atoms with E-state index in [0.29, 0.717) is 31.7 Å². The Balaban J connectivity index is 0.000000301. The van der Waals surface area contributed by atoms with Crippen molar-refractivity contribution < 1.29 is 80.7 Å². The van der Waals surface area contributed by atoms with Gasteiger partial charge in [0.15, 0.2) is 0 Å². The van der Waals surface area contributed by atoms with Crippen LogP contribution in [0.25, 0.3) is 0 Å². The average Bonchev–Trinajstić information content (AvgIpc) is 2.93. The normalized spacial score (nSPS) is 22.9. The summed E-state index contributed by atoms with van der Waals surface area (Å²) >= 11 is 0. The minimum absolute atomic E-state index is 0. The first-order chi connectivity index (χ1) is 18.4. The standard InChI is InChI=1S/C23H26N2O2.C7H12O4.K/c26-23(27-21-16-24-13-10-18(21)11-14-24)25-15-12-17-6-4-5-9-20(17)22(25)19-7-2-1-3-8-19;8-6(9)4-2-1-3-5-7(10)11;/h1-9,18,21-22H,10-16H2;1-5H2,(H,8,9)(H,10,11);/q;;+1/t21-,22-;;/m0../s1. The van der Waals surface area contributed by atoms with Crippen LogP contribution in [0.4, 0.5) is 4.79 Å². The molecule has 4 aliphatic rings. The van der Waals surface area contributed by atoms with Gasteiger partial charge in [-0.1, -0.05) is 61.0 Å². The van der Waals surface area contributed by atoms with Gasteiger partial charge in [0.25, 0.3) is 0 Å². The number of carboxylic acids is 2. The molecule has 0 aromatic heterocycles. The molecule has 1 amide bonds. The van der Waals surface area contributed by atoms with Gasteiger partial charge in [-0.3, -0.25) is 19.4 Å². The van der Waals surface area contributed by atoms with Crippen molar-refractivity contribution >= 4 is 18.0 Å². The zero-order valence-electron chi connectivity index (χ0n) is 22.8. The number of nitrogens with zero attached hydrogens (tertiary/aromatic N) is 2. The van der Waals surface area contributed by atoms with Crippen LogP contribution in [0.5, 0.6) is 0 Å². The van der Waals surface area contributed by atoms with Gasteiger partial charge in [0.1, 0.15) is 6.10 Å². The van der Waals surface area contributed by atoms with Crippen LogP contribution in [0.15, 0.2) is 54.6 Å². The molecule has 0 unspecified atom stereocenters. The maximum Gasteiger partial charge on any atom is 1.00 e. The molecule has 4 heterocycles. The molecule has 9 heteroatoms. The summed E-state index contributed by atoms with van der Waals surface area (Å²) in [6, 6.07) is 18.8. The van der Waals surface area contributed by atoms with Gasteiger partial charge in [-0.2, -0.15) is 0 Å². The fraction of sp³-hybridized carbons (Fsp3) is 0.500. The molecule has 39 heavy (non-hydrogen) atoms. The Bertz CT molecular complexity index is 1070. The molecular weight excluding hydrogens is 523 g/mol. The van der Waals surface area contributed by atoms with Crippen LogP contribution in [0.1, 0.15) is 67.7 Å². The van der Waals surface area contributed by atoms with Crippen molar-refractivity contribution in [1.29, 1.82) is 0 Å². The molecule has 0 saturated carbocycles. The predicted octanol–water partition coefficient (Wildman–Crippen LogP) is 1.98. The van der Waals surface area contributed by atoms with Gasteiger partial charge in [0, 0.05) is 25.9 Å². The quantitative estimate of drug-likeness (QED) is 0.375. The topological polar surface area (TPSA) is 107 Å². The molecule has 204 valence electrons. The van der Waals surface area contributed by atoms with Crippen LogP contribution in [-0.2, 0) is 20.7 Å². The second-order valence-electron chi connectivity index (χ2n) is 10.4. The predicted molar refractivity (Wildman–Crippen MR) is 143 cm³/mol. The molecule has 0 aliphatic carbocycles. The van der Waals surface area contributed by atoms with Gasteiger partial charge in [0.2, 0.25) is 0 Å². The van der Waals surface area contributed by atoms with Crippen LogP contribution in [0.2, 0.25) is 0 Å². The number of amides is 1. The van der Waals surface area contributed by atoms with Gasteiger partial charge >= 0.3 is 69.4 Å². The second kappa shape index (κ2) is 15.9. The fourth-order valence-electron chi connectivity index (χ4n) is 5.73. The fourth-order valence-corrected chi connectivity index (χ4v) is 5.73. The minimum atomic E-state index is -0.819. The van der Waals surface area contributed by atoms with E-state index in [1.54, 1.807) is 0 Å². The van der Waals surface area contributed by atoms with E-state index in [0.717, 1.165) is 44.5 Å². The smallest absolute Gasteiger partial charge is 0.481 e. The Kier molecular flexibility index (Phi) is 12.9. The van der Waals surface area contributed by atoms with Crippen LogP contribution in [-0.4, -0.2) is 70.3 Å². The molecular formula is C30H38KN2O6+. The van der Waals surface area contributed by atoms with Crippen molar-refractivity contribution in [2.24, 2.45) is 5.92 Å². The third-order valence-corrected chi connectivity index (χ3v) is 7.76. The van der Waals surface area contributed by atoms with E-state index in [4.69, 9.17) is 14.9 Å². The molecule has 2 aromatic carbocycles. The summed E-state index contributed by atoms with van der Waals surface area (Å²) in [5.41, 5.74) is 3.70. The number of unbranched alkanes of at least 4 members (excludes halogenated alkanes) is 2. The molecule has 3 saturated heterocycles. The summed E-state index contributed by atoms with van der Waals surface area (Å²) in [5.74, 6) is -1.10. The van der Waals surface area contributed by atoms with Crippen molar-refractivity contribution in [1.82, 2.24) is 9.80 Å². The molecule has 3 fully saturated rings. The molecule has 0 radical (unpaired) electrons.